The average molecular weight is 665 g/mol. The Kier molecular flexibility index (Phi) is 11.8. The molecule has 0 amide bonds. The van der Waals surface area contributed by atoms with Crippen molar-refractivity contribution in [1.29, 1.82) is 0 Å². The minimum absolute atomic E-state index is 0.0555. The van der Waals surface area contributed by atoms with Crippen LogP contribution in [0.4, 0.5) is 0 Å². The highest BCUT2D eigenvalue weighted by molar-refractivity contribution is 7.80. The quantitative estimate of drug-likeness (QED) is 0.216. The molecule has 6 rings (SSSR count). The van der Waals surface area contributed by atoms with E-state index in [1.807, 2.05) is 0 Å². The van der Waals surface area contributed by atoms with Crippen molar-refractivity contribution in [3.8, 4) is 11.5 Å². The standard InChI is InChI=1S/2C21H32OS/c2*1-5-6-7-8-15-12-18-20(19(23)13-15)16-11-14(2)9-10-17(16)21(3,4)22-18/h2*12-14,16-17,23H,5-11H2,1-4H3/t14-,16+,17+;14-,16-,17-/m01/s1. The Bertz CT molecular complexity index is 1230. The molecule has 2 aliphatic heterocycles. The molecule has 0 unspecified atom stereocenters. The average Bonchev–Trinajstić information content (AvgIpc) is 2.96. The molecular weight excluding hydrogens is 601 g/mol. The summed E-state index contributed by atoms with van der Waals surface area (Å²) in [5.41, 5.74) is 5.45. The van der Waals surface area contributed by atoms with Gasteiger partial charge in [-0.3, -0.25) is 0 Å². The van der Waals surface area contributed by atoms with Crippen LogP contribution in [-0.2, 0) is 12.8 Å². The van der Waals surface area contributed by atoms with E-state index in [-0.39, 0.29) is 11.2 Å². The summed E-state index contributed by atoms with van der Waals surface area (Å²) in [6, 6.07) is 9.22. The maximum Gasteiger partial charge on any atom is 0.125 e. The van der Waals surface area contributed by atoms with E-state index in [1.165, 1.54) is 99.3 Å². The van der Waals surface area contributed by atoms with Gasteiger partial charge in [0, 0.05) is 32.8 Å². The molecule has 6 atom stereocenters. The highest BCUT2D eigenvalue weighted by Gasteiger charge is 2.48. The third-order valence-corrected chi connectivity index (χ3v) is 12.7. The number of hydrogen-bond donors (Lipinski definition) is 2. The third-order valence-electron chi connectivity index (χ3n) is 12.0. The van der Waals surface area contributed by atoms with Crippen molar-refractivity contribution in [3.05, 3.63) is 46.5 Å². The topological polar surface area (TPSA) is 18.5 Å². The summed E-state index contributed by atoms with van der Waals surface area (Å²) in [4.78, 5) is 2.32. The molecule has 2 aromatic rings. The number of ether oxygens (including phenoxy) is 2. The number of hydrogen-bond acceptors (Lipinski definition) is 4. The van der Waals surface area contributed by atoms with Crippen molar-refractivity contribution in [3.63, 3.8) is 0 Å². The summed E-state index contributed by atoms with van der Waals surface area (Å²) in [5.74, 6) is 6.36. The molecule has 0 saturated heterocycles. The molecule has 0 N–H and O–H groups in total. The molecule has 2 nitrogen and oxygen atoms in total. The number of fused-ring (bicyclic) bond motifs is 6. The maximum atomic E-state index is 6.50. The lowest BCUT2D eigenvalue weighted by Gasteiger charge is -2.49. The molecule has 4 heteroatoms. The van der Waals surface area contributed by atoms with Gasteiger partial charge in [0.2, 0.25) is 0 Å². The van der Waals surface area contributed by atoms with Crippen molar-refractivity contribution in [2.24, 2.45) is 23.7 Å². The van der Waals surface area contributed by atoms with Gasteiger partial charge in [-0.25, -0.2) is 0 Å². The van der Waals surface area contributed by atoms with Gasteiger partial charge in [-0.05, 0) is 138 Å². The highest BCUT2D eigenvalue weighted by Crippen LogP contribution is 2.56. The maximum absolute atomic E-state index is 6.50. The van der Waals surface area contributed by atoms with E-state index < -0.39 is 0 Å². The Labute approximate surface area is 293 Å². The van der Waals surface area contributed by atoms with Crippen LogP contribution in [0.25, 0.3) is 0 Å². The molecule has 256 valence electrons. The Morgan fingerprint density at radius 2 is 1.00 bits per heavy atom. The molecule has 0 bridgehead atoms. The van der Waals surface area contributed by atoms with E-state index in [2.05, 4.69) is 79.7 Å². The molecule has 2 saturated carbocycles. The second-order valence-corrected chi connectivity index (χ2v) is 17.6. The highest BCUT2D eigenvalue weighted by atomic mass is 32.1. The van der Waals surface area contributed by atoms with Crippen LogP contribution < -0.4 is 9.47 Å². The molecule has 2 fully saturated rings. The fraction of sp³-hybridized carbons (Fsp3) is 0.714. The van der Waals surface area contributed by atoms with Gasteiger partial charge in [0.1, 0.15) is 22.7 Å². The number of rotatable bonds is 8. The molecule has 46 heavy (non-hydrogen) atoms. The number of unbranched alkanes of at least 4 members (excludes halogenated alkanes) is 4. The SMILES string of the molecule is CCCCCc1cc(S)c2c(c1)OC(C)(C)[C@@H]1CC[C@@H](C)C[C@@H]21.CCCCCc1cc(S)c2c(c1)OC(C)(C)[C@@H]1CC[C@H](C)C[C@@H]21. The van der Waals surface area contributed by atoms with Crippen LogP contribution in [0.2, 0.25) is 0 Å². The Morgan fingerprint density at radius 3 is 1.37 bits per heavy atom. The molecule has 0 spiro atoms. The summed E-state index contributed by atoms with van der Waals surface area (Å²) < 4.78 is 13.0. The minimum Gasteiger partial charge on any atom is -0.487 e. The first-order chi connectivity index (χ1) is 21.8. The first-order valence-electron chi connectivity index (χ1n) is 18.9. The lowest BCUT2D eigenvalue weighted by Crippen LogP contribution is -2.46. The van der Waals surface area contributed by atoms with Gasteiger partial charge in [-0.15, -0.1) is 25.3 Å². The van der Waals surface area contributed by atoms with Crippen LogP contribution in [0.3, 0.4) is 0 Å². The van der Waals surface area contributed by atoms with Gasteiger partial charge in [-0.2, -0.15) is 0 Å². The van der Waals surface area contributed by atoms with E-state index in [0.29, 0.717) is 23.7 Å². The molecule has 2 heterocycles. The number of thiol groups is 2. The predicted molar refractivity (Wildman–Crippen MR) is 202 cm³/mol. The number of benzene rings is 2. The summed E-state index contributed by atoms with van der Waals surface area (Å²) in [6.45, 7) is 18.4. The van der Waals surface area contributed by atoms with Gasteiger partial charge >= 0.3 is 0 Å². The lowest BCUT2D eigenvalue weighted by atomic mass is 9.64. The third kappa shape index (κ3) is 7.96. The summed E-state index contributed by atoms with van der Waals surface area (Å²) >= 11 is 9.75. The molecule has 0 radical (unpaired) electrons. The van der Waals surface area contributed by atoms with Crippen LogP contribution >= 0.6 is 25.3 Å². The van der Waals surface area contributed by atoms with Gasteiger partial charge in [-0.1, -0.05) is 66.2 Å². The second kappa shape index (κ2) is 15.1. The van der Waals surface area contributed by atoms with E-state index in [9.17, 15) is 0 Å². The fourth-order valence-electron chi connectivity index (χ4n) is 9.48. The van der Waals surface area contributed by atoms with Crippen LogP contribution in [0.5, 0.6) is 11.5 Å². The Morgan fingerprint density at radius 1 is 0.609 bits per heavy atom. The molecule has 0 aromatic heterocycles. The van der Waals surface area contributed by atoms with Crippen LogP contribution in [0.15, 0.2) is 34.1 Å². The van der Waals surface area contributed by atoms with Crippen molar-refractivity contribution >= 4 is 25.3 Å². The second-order valence-electron chi connectivity index (χ2n) is 16.6. The predicted octanol–water partition coefficient (Wildman–Crippen LogP) is 12.8. The van der Waals surface area contributed by atoms with Crippen molar-refractivity contribution < 1.29 is 9.47 Å². The fourth-order valence-corrected chi connectivity index (χ4v) is 10.4. The zero-order valence-corrected chi connectivity index (χ0v) is 32.2. The monoisotopic (exact) mass is 664 g/mol. The number of aryl methyl sites for hydroxylation is 2. The summed E-state index contributed by atoms with van der Waals surface area (Å²) in [6.07, 6.45) is 17.7. The normalized spacial score (nSPS) is 28.7. The van der Waals surface area contributed by atoms with Crippen molar-refractivity contribution in [2.45, 2.75) is 178 Å². The van der Waals surface area contributed by atoms with Crippen LogP contribution in [-0.4, -0.2) is 11.2 Å². The van der Waals surface area contributed by atoms with E-state index in [0.717, 1.165) is 46.0 Å². The molecular formula is C42H64O2S2. The van der Waals surface area contributed by atoms with Crippen molar-refractivity contribution in [2.75, 3.05) is 0 Å². The summed E-state index contributed by atoms with van der Waals surface area (Å²) in [7, 11) is 0. The lowest BCUT2D eigenvalue weighted by molar-refractivity contribution is -0.0151. The minimum atomic E-state index is -0.0555. The van der Waals surface area contributed by atoms with Gasteiger partial charge < -0.3 is 9.47 Å². The Hall–Kier alpha value is -1.26. The van der Waals surface area contributed by atoms with Gasteiger partial charge in [0.05, 0.1) is 0 Å². The zero-order chi connectivity index (χ0) is 33.2. The van der Waals surface area contributed by atoms with E-state index >= 15 is 0 Å². The Balaban J connectivity index is 0.000000181. The molecule has 2 aliphatic carbocycles. The first-order valence-corrected chi connectivity index (χ1v) is 19.8. The zero-order valence-electron chi connectivity index (χ0n) is 30.4. The first kappa shape index (κ1) is 36.0. The van der Waals surface area contributed by atoms with Gasteiger partial charge in [0.15, 0.2) is 0 Å². The van der Waals surface area contributed by atoms with E-state index in [1.54, 1.807) is 0 Å². The smallest absolute Gasteiger partial charge is 0.125 e. The molecule has 4 aliphatic rings. The van der Waals surface area contributed by atoms with Crippen molar-refractivity contribution in [1.82, 2.24) is 0 Å². The van der Waals surface area contributed by atoms with Gasteiger partial charge in [0.25, 0.3) is 0 Å². The van der Waals surface area contributed by atoms with Crippen LogP contribution in [0.1, 0.15) is 167 Å². The largest absolute Gasteiger partial charge is 0.487 e. The summed E-state index contributed by atoms with van der Waals surface area (Å²) in [5, 5.41) is 0. The molecule has 2 aromatic carbocycles. The van der Waals surface area contributed by atoms with Crippen LogP contribution in [0, 0.1) is 23.7 Å². The van der Waals surface area contributed by atoms with E-state index in [4.69, 9.17) is 34.7 Å².